The SMILES string of the molecule is [C-]#[N+]c1cc2nc(-c3ccccc3)c(-c3ccccc3)nc2c2c1c(-c1ccccc1C#N)nc1ccccc12. The maximum absolute atomic E-state index is 9.90. The van der Waals surface area contributed by atoms with Gasteiger partial charge in [-0.15, -0.1) is 0 Å². The maximum atomic E-state index is 9.90. The number of pyridine rings is 1. The van der Waals surface area contributed by atoms with Gasteiger partial charge in [-0.05, 0) is 18.2 Å². The van der Waals surface area contributed by atoms with Crippen molar-refractivity contribution in [3.05, 3.63) is 132 Å². The topological polar surface area (TPSA) is 66.8 Å². The Bertz CT molecular complexity index is 2170. The lowest BCUT2D eigenvalue weighted by Gasteiger charge is -2.16. The number of aromatic nitrogens is 3. The second-order valence-corrected chi connectivity index (χ2v) is 9.41. The van der Waals surface area contributed by atoms with Gasteiger partial charge in [0.2, 0.25) is 0 Å². The van der Waals surface area contributed by atoms with Gasteiger partial charge in [0, 0.05) is 32.8 Å². The van der Waals surface area contributed by atoms with Crippen LogP contribution in [0.5, 0.6) is 0 Å². The molecule has 0 N–H and O–H groups in total. The maximum Gasteiger partial charge on any atom is 0.199 e. The molecule has 0 saturated heterocycles. The van der Waals surface area contributed by atoms with Crippen LogP contribution in [0.2, 0.25) is 0 Å². The summed E-state index contributed by atoms with van der Waals surface area (Å²) in [6.07, 6.45) is 0. The van der Waals surface area contributed by atoms with Crippen LogP contribution in [0, 0.1) is 17.9 Å². The molecule has 0 radical (unpaired) electrons. The largest absolute Gasteiger partial charge is 0.248 e. The molecular formula is C35H19N5. The highest BCUT2D eigenvalue weighted by Crippen LogP contribution is 2.43. The van der Waals surface area contributed by atoms with Crippen molar-refractivity contribution >= 4 is 38.4 Å². The Morgan fingerprint density at radius 2 is 1.20 bits per heavy atom. The molecule has 2 aromatic heterocycles. The van der Waals surface area contributed by atoms with E-state index >= 15 is 0 Å². The number of fused-ring (bicyclic) bond motifs is 5. The normalized spacial score (nSPS) is 10.9. The first kappa shape index (κ1) is 23.2. The van der Waals surface area contributed by atoms with Crippen molar-refractivity contribution in [3.8, 4) is 39.8 Å². The summed E-state index contributed by atoms with van der Waals surface area (Å²) in [4.78, 5) is 19.4. The molecule has 7 rings (SSSR count). The minimum atomic E-state index is 0.421. The van der Waals surface area contributed by atoms with Crippen molar-refractivity contribution in [3.63, 3.8) is 0 Å². The summed E-state index contributed by atoms with van der Waals surface area (Å²) in [5.41, 5.74) is 7.69. The molecule has 0 atom stereocenters. The van der Waals surface area contributed by atoms with Crippen molar-refractivity contribution in [2.24, 2.45) is 0 Å². The van der Waals surface area contributed by atoms with Crippen molar-refractivity contribution in [2.45, 2.75) is 0 Å². The van der Waals surface area contributed by atoms with Crippen molar-refractivity contribution in [1.29, 1.82) is 5.26 Å². The molecule has 0 spiro atoms. The zero-order valence-corrected chi connectivity index (χ0v) is 21.2. The summed E-state index contributed by atoms with van der Waals surface area (Å²) in [6.45, 7) is 8.15. The van der Waals surface area contributed by atoms with Crippen LogP contribution in [-0.4, -0.2) is 15.0 Å². The fraction of sp³-hybridized carbons (Fsp3) is 0. The standard InChI is InChI=1S/C35H19N5/c1-37-28-20-29-35(40-33(23-14-6-3-7-15-23)32(39-29)22-12-4-2-5-13-22)30-26-18-10-11-19-27(26)38-34(31(28)30)25-17-9-8-16-24(25)21-36/h2-20H. The average Bonchev–Trinajstić information content (AvgIpc) is 3.04. The molecule has 0 aliphatic rings. The Labute approximate surface area is 230 Å². The van der Waals surface area contributed by atoms with Gasteiger partial charge in [0.25, 0.3) is 0 Å². The van der Waals surface area contributed by atoms with Gasteiger partial charge in [0.1, 0.15) is 0 Å². The van der Waals surface area contributed by atoms with E-state index in [9.17, 15) is 5.26 Å². The Hall–Kier alpha value is -5.91. The van der Waals surface area contributed by atoms with E-state index in [1.165, 1.54) is 0 Å². The molecule has 0 aliphatic heterocycles. The van der Waals surface area contributed by atoms with Gasteiger partial charge in [-0.1, -0.05) is 97.1 Å². The molecule has 0 bridgehead atoms. The van der Waals surface area contributed by atoms with Crippen molar-refractivity contribution < 1.29 is 0 Å². The summed E-state index contributed by atoms with van der Waals surface area (Å²) in [6, 6.07) is 39.4. The van der Waals surface area contributed by atoms with Crippen LogP contribution in [0.3, 0.4) is 0 Å². The molecule has 0 saturated carbocycles. The number of para-hydroxylation sites is 1. The fourth-order valence-electron chi connectivity index (χ4n) is 5.31. The highest BCUT2D eigenvalue weighted by atomic mass is 14.8. The monoisotopic (exact) mass is 509 g/mol. The van der Waals surface area contributed by atoms with Crippen LogP contribution >= 0.6 is 0 Å². The molecule has 40 heavy (non-hydrogen) atoms. The van der Waals surface area contributed by atoms with Gasteiger partial charge >= 0.3 is 0 Å². The third kappa shape index (κ3) is 3.66. The van der Waals surface area contributed by atoms with Crippen LogP contribution in [0.4, 0.5) is 5.69 Å². The lowest BCUT2D eigenvalue weighted by Crippen LogP contribution is -1.98. The van der Waals surface area contributed by atoms with E-state index in [0.29, 0.717) is 38.9 Å². The molecule has 5 nitrogen and oxygen atoms in total. The number of hydrogen-bond donors (Lipinski definition) is 0. The van der Waals surface area contributed by atoms with E-state index in [1.807, 2.05) is 103 Å². The van der Waals surface area contributed by atoms with E-state index in [1.54, 1.807) is 12.1 Å². The fourth-order valence-corrected chi connectivity index (χ4v) is 5.31. The van der Waals surface area contributed by atoms with Crippen molar-refractivity contribution in [1.82, 2.24) is 15.0 Å². The molecule has 0 aliphatic carbocycles. The summed E-state index contributed by atoms with van der Waals surface area (Å²) >= 11 is 0. The van der Waals surface area contributed by atoms with E-state index in [0.717, 1.165) is 38.8 Å². The first-order chi connectivity index (χ1) is 19.8. The van der Waals surface area contributed by atoms with E-state index in [4.69, 9.17) is 21.5 Å². The average molecular weight is 510 g/mol. The summed E-state index contributed by atoms with van der Waals surface area (Å²) in [5.74, 6) is 0. The number of nitrogens with zero attached hydrogens (tertiary/aromatic N) is 5. The van der Waals surface area contributed by atoms with E-state index < -0.39 is 0 Å². The lowest BCUT2D eigenvalue weighted by molar-refractivity contribution is 1.30. The minimum absolute atomic E-state index is 0.421. The quantitative estimate of drug-likeness (QED) is 0.176. The molecule has 2 heterocycles. The first-order valence-electron chi connectivity index (χ1n) is 12.8. The second kappa shape index (κ2) is 9.44. The van der Waals surface area contributed by atoms with Gasteiger partial charge in [-0.3, -0.25) is 0 Å². The predicted octanol–water partition coefficient (Wildman–Crippen LogP) is 8.75. The molecule has 0 unspecified atom stereocenters. The van der Waals surface area contributed by atoms with Crippen LogP contribution < -0.4 is 0 Å². The summed E-state index contributed by atoms with van der Waals surface area (Å²) in [7, 11) is 0. The molecule has 5 aromatic carbocycles. The van der Waals surface area contributed by atoms with Gasteiger partial charge in [-0.2, -0.15) is 5.26 Å². The minimum Gasteiger partial charge on any atom is -0.248 e. The van der Waals surface area contributed by atoms with Crippen LogP contribution in [0.1, 0.15) is 5.56 Å². The third-order valence-corrected chi connectivity index (χ3v) is 7.10. The predicted molar refractivity (Wildman–Crippen MR) is 160 cm³/mol. The van der Waals surface area contributed by atoms with Gasteiger partial charge in [-0.25, -0.2) is 19.8 Å². The van der Waals surface area contributed by atoms with Gasteiger partial charge in [0.05, 0.1) is 51.8 Å². The highest BCUT2D eigenvalue weighted by Gasteiger charge is 2.22. The second-order valence-electron chi connectivity index (χ2n) is 9.41. The Balaban J connectivity index is 1.71. The number of nitriles is 1. The molecule has 184 valence electrons. The highest BCUT2D eigenvalue weighted by molar-refractivity contribution is 6.25. The van der Waals surface area contributed by atoms with E-state index in [-0.39, 0.29) is 0 Å². The Morgan fingerprint density at radius 3 is 1.90 bits per heavy atom. The Morgan fingerprint density at radius 1 is 0.600 bits per heavy atom. The summed E-state index contributed by atoms with van der Waals surface area (Å²) in [5, 5.41) is 12.3. The first-order valence-corrected chi connectivity index (χ1v) is 12.8. The van der Waals surface area contributed by atoms with Crippen LogP contribution in [-0.2, 0) is 0 Å². The van der Waals surface area contributed by atoms with Crippen molar-refractivity contribution in [2.75, 3.05) is 0 Å². The van der Waals surface area contributed by atoms with Crippen LogP contribution in [0.25, 0.3) is 71.3 Å². The Kier molecular flexibility index (Phi) is 5.48. The smallest absolute Gasteiger partial charge is 0.199 e. The third-order valence-electron chi connectivity index (χ3n) is 7.10. The van der Waals surface area contributed by atoms with Gasteiger partial charge in [0.15, 0.2) is 5.69 Å². The van der Waals surface area contributed by atoms with Crippen LogP contribution in [0.15, 0.2) is 115 Å². The lowest BCUT2D eigenvalue weighted by atomic mass is 9.94. The molecule has 5 heteroatoms. The number of hydrogen-bond acceptors (Lipinski definition) is 4. The molecular weight excluding hydrogens is 490 g/mol. The molecule has 0 amide bonds. The number of benzene rings is 5. The molecule has 0 fully saturated rings. The zero-order chi connectivity index (χ0) is 27.1. The van der Waals surface area contributed by atoms with Gasteiger partial charge < -0.3 is 0 Å². The number of rotatable bonds is 3. The van der Waals surface area contributed by atoms with E-state index in [2.05, 4.69) is 10.9 Å². The summed E-state index contributed by atoms with van der Waals surface area (Å²) < 4.78 is 0. The molecule has 7 aromatic rings. The zero-order valence-electron chi connectivity index (χ0n) is 21.2.